The lowest BCUT2D eigenvalue weighted by atomic mass is 10.1. The second-order valence-electron chi connectivity index (χ2n) is 4.71. The van der Waals surface area contributed by atoms with E-state index in [9.17, 15) is 4.79 Å². The van der Waals surface area contributed by atoms with Crippen LogP contribution in [-0.2, 0) is 4.74 Å². The Balaban J connectivity index is 2.57. The fraction of sp³-hybridized carbons (Fsp3) is 0.562. The molecular formula is C16H25NO3. The number of esters is 1. The molecule has 0 atom stereocenters. The summed E-state index contributed by atoms with van der Waals surface area (Å²) in [6, 6.07) is 5.14. The SMILES string of the molecule is CCCCCCCOc1c(N)cccc1C(=O)OCC. The normalized spacial score (nSPS) is 10.3. The van der Waals surface area contributed by atoms with Crippen molar-refractivity contribution >= 4 is 11.7 Å². The summed E-state index contributed by atoms with van der Waals surface area (Å²) >= 11 is 0. The van der Waals surface area contributed by atoms with Crippen molar-refractivity contribution in [2.45, 2.75) is 46.0 Å². The first-order valence-electron chi connectivity index (χ1n) is 7.39. The molecule has 1 aromatic carbocycles. The summed E-state index contributed by atoms with van der Waals surface area (Å²) < 4.78 is 10.7. The molecule has 0 radical (unpaired) electrons. The maximum atomic E-state index is 11.8. The summed E-state index contributed by atoms with van der Waals surface area (Å²) in [4.78, 5) is 11.8. The molecule has 0 bridgehead atoms. The van der Waals surface area contributed by atoms with E-state index in [0.717, 1.165) is 12.8 Å². The molecule has 0 saturated heterocycles. The molecule has 0 aromatic heterocycles. The van der Waals surface area contributed by atoms with Crippen molar-refractivity contribution in [3.05, 3.63) is 23.8 Å². The second-order valence-corrected chi connectivity index (χ2v) is 4.71. The third-order valence-corrected chi connectivity index (χ3v) is 3.04. The van der Waals surface area contributed by atoms with E-state index in [4.69, 9.17) is 15.2 Å². The van der Waals surface area contributed by atoms with E-state index in [1.807, 2.05) is 0 Å². The molecule has 20 heavy (non-hydrogen) atoms. The van der Waals surface area contributed by atoms with Crippen LogP contribution in [0.1, 0.15) is 56.3 Å². The number of hydrogen-bond donors (Lipinski definition) is 1. The fourth-order valence-electron chi connectivity index (χ4n) is 1.97. The van der Waals surface area contributed by atoms with Gasteiger partial charge in [0.05, 0.1) is 18.9 Å². The Morgan fingerprint density at radius 1 is 1.15 bits per heavy atom. The van der Waals surface area contributed by atoms with Gasteiger partial charge in [-0.15, -0.1) is 0 Å². The zero-order valence-electron chi connectivity index (χ0n) is 12.5. The number of rotatable bonds is 9. The average molecular weight is 279 g/mol. The Bertz CT molecular complexity index is 418. The van der Waals surface area contributed by atoms with Crippen LogP contribution in [0.15, 0.2) is 18.2 Å². The van der Waals surface area contributed by atoms with Crippen molar-refractivity contribution in [1.82, 2.24) is 0 Å². The van der Waals surface area contributed by atoms with Gasteiger partial charge in [-0.3, -0.25) is 0 Å². The van der Waals surface area contributed by atoms with Gasteiger partial charge in [-0.1, -0.05) is 38.7 Å². The fourth-order valence-corrected chi connectivity index (χ4v) is 1.97. The number of carbonyl (C=O) groups is 1. The molecule has 112 valence electrons. The summed E-state index contributed by atoms with van der Waals surface area (Å²) in [5.74, 6) is 0.0576. The molecule has 1 rings (SSSR count). The van der Waals surface area contributed by atoms with Gasteiger partial charge in [-0.05, 0) is 25.5 Å². The second kappa shape index (κ2) is 9.23. The van der Waals surface area contributed by atoms with Crippen LogP contribution in [0.4, 0.5) is 5.69 Å². The van der Waals surface area contributed by atoms with Crippen molar-refractivity contribution in [3.8, 4) is 5.75 Å². The molecule has 0 saturated carbocycles. The van der Waals surface area contributed by atoms with E-state index >= 15 is 0 Å². The monoisotopic (exact) mass is 279 g/mol. The first-order valence-corrected chi connectivity index (χ1v) is 7.39. The molecule has 0 aliphatic heterocycles. The number of carbonyl (C=O) groups excluding carboxylic acids is 1. The molecule has 2 N–H and O–H groups in total. The lowest BCUT2D eigenvalue weighted by Gasteiger charge is -2.13. The number of unbranched alkanes of at least 4 members (excludes halogenated alkanes) is 4. The van der Waals surface area contributed by atoms with E-state index in [1.165, 1.54) is 19.3 Å². The number of para-hydroxylation sites is 1. The van der Waals surface area contributed by atoms with Crippen LogP contribution in [0.2, 0.25) is 0 Å². The maximum absolute atomic E-state index is 11.8. The van der Waals surface area contributed by atoms with E-state index < -0.39 is 0 Å². The summed E-state index contributed by atoms with van der Waals surface area (Å²) in [5.41, 5.74) is 6.76. The molecule has 4 nitrogen and oxygen atoms in total. The highest BCUT2D eigenvalue weighted by Crippen LogP contribution is 2.27. The molecule has 0 aliphatic rings. The van der Waals surface area contributed by atoms with Gasteiger partial charge in [-0.2, -0.15) is 0 Å². The quantitative estimate of drug-likeness (QED) is 0.424. The van der Waals surface area contributed by atoms with Crippen LogP contribution in [0.25, 0.3) is 0 Å². The van der Waals surface area contributed by atoms with Gasteiger partial charge in [0.25, 0.3) is 0 Å². The van der Waals surface area contributed by atoms with Crippen LogP contribution in [0, 0.1) is 0 Å². The molecule has 0 heterocycles. The van der Waals surface area contributed by atoms with Crippen LogP contribution >= 0.6 is 0 Å². The van der Waals surface area contributed by atoms with Gasteiger partial charge in [0, 0.05) is 0 Å². The Kier molecular flexibility index (Phi) is 7.55. The van der Waals surface area contributed by atoms with Crippen LogP contribution in [0.5, 0.6) is 5.75 Å². The molecule has 0 aliphatic carbocycles. The van der Waals surface area contributed by atoms with E-state index in [-0.39, 0.29) is 5.97 Å². The largest absolute Gasteiger partial charge is 0.491 e. The molecule has 4 heteroatoms. The zero-order valence-corrected chi connectivity index (χ0v) is 12.5. The van der Waals surface area contributed by atoms with Crippen molar-refractivity contribution in [2.75, 3.05) is 18.9 Å². The number of nitrogens with two attached hydrogens (primary N) is 1. The lowest BCUT2D eigenvalue weighted by molar-refractivity contribution is 0.0521. The topological polar surface area (TPSA) is 61.5 Å². The van der Waals surface area contributed by atoms with Gasteiger partial charge in [0.2, 0.25) is 0 Å². The predicted molar refractivity (Wildman–Crippen MR) is 81.1 cm³/mol. The van der Waals surface area contributed by atoms with Crippen molar-refractivity contribution < 1.29 is 14.3 Å². The van der Waals surface area contributed by atoms with Crippen LogP contribution in [-0.4, -0.2) is 19.2 Å². The third kappa shape index (κ3) is 5.11. The smallest absolute Gasteiger partial charge is 0.341 e. The number of hydrogen-bond acceptors (Lipinski definition) is 4. The highest BCUT2D eigenvalue weighted by atomic mass is 16.5. The van der Waals surface area contributed by atoms with E-state index in [2.05, 4.69) is 6.92 Å². The predicted octanol–water partition coefficient (Wildman–Crippen LogP) is 3.79. The van der Waals surface area contributed by atoms with Gasteiger partial charge in [0.1, 0.15) is 5.56 Å². The third-order valence-electron chi connectivity index (χ3n) is 3.04. The summed E-state index contributed by atoms with van der Waals surface area (Å²) in [6.45, 7) is 4.87. The lowest BCUT2D eigenvalue weighted by Crippen LogP contribution is -2.10. The number of nitrogen functional groups attached to an aromatic ring is 1. The van der Waals surface area contributed by atoms with E-state index in [0.29, 0.717) is 30.2 Å². The van der Waals surface area contributed by atoms with Crippen LogP contribution in [0.3, 0.4) is 0 Å². The molecule has 1 aromatic rings. The first-order chi connectivity index (χ1) is 9.70. The highest BCUT2D eigenvalue weighted by molar-refractivity contribution is 5.94. The molecule has 0 spiro atoms. The average Bonchev–Trinajstić information content (AvgIpc) is 2.44. The number of anilines is 1. The van der Waals surface area contributed by atoms with Crippen molar-refractivity contribution in [3.63, 3.8) is 0 Å². The Morgan fingerprint density at radius 3 is 2.60 bits per heavy atom. The first kappa shape index (κ1) is 16.3. The van der Waals surface area contributed by atoms with Gasteiger partial charge in [-0.25, -0.2) is 4.79 Å². The summed E-state index contributed by atoms with van der Waals surface area (Å²) in [6.07, 6.45) is 5.79. The Hall–Kier alpha value is -1.71. The minimum absolute atomic E-state index is 0.337. The minimum Gasteiger partial charge on any atom is -0.491 e. The maximum Gasteiger partial charge on any atom is 0.341 e. The van der Waals surface area contributed by atoms with Crippen molar-refractivity contribution in [1.29, 1.82) is 0 Å². The summed E-state index contributed by atoms with van der Waals surface area (Å²) in [5, 5.41) is 0. The molecule has 0 fully saturated rings. The molecular weight excluding hydrogens is 254 g/mol. The van der Waals surface area contributed by atoms with Crippen LogP contribution < -0.4 is 10.5 Å². The van der Waals surface area contributed by atoms with Gasteiger partial charge in [0.15, 0.2) is 5.75 Å². The number of ether oxygens (including phenoxy) is 2. The zero-order chi connectivity index (χ0) is 14.8. The van der Waals surface area contributed by atoms with Crippen molar-refractivity contribution in [2.24, 2.45) is 0 Å². The number of benzene rings is 1. The molecule has 0 unspecified atom stereocenters. The Labute approximate surface area is 121 Å². The Morgan fingerprint density at radius 2 is 1.90 bits per heavy atom. The summed E-state index contributed by atoms with van der Waals surface area (Å²) in [7, 11) is 0. The van der Waals surface area contributed by atoms with Gasteiger partial charge < -0.3 is 15.2 Å². The molecule has 0 amide bonds. The van der Waals surface area contributed by atoms with Gasteiger partial charge >= 0.3 is 5.97 Å². The minimum atomic E-state index is -0.388. The standard InChI is InChI=1S/C16H25NO3/c1-3-5-6-7-8-12-20-15-13(16(18)19-4-2)10-9-11-14(15)17/h9-11H,3-8,12,17H2,1-2H3. The van der Waals surface area contributed by atoms with E-state index in [1.54, 1.807) is 25.1 Å². The highest BCUT2D eigenvalue weighted by Gasteiger charge is 2.15.